The van der Waals surface area contributed by atoms with Crippen molar-refractivity contribution in [1.29, 1.82) is 0 Å². The second kappa shape index (κ2) is 7.43. The fourth-order valence-electron chi connectivity index (χ4n) is 2.88. The highest BCUT2D eigenvalue weighted by atomic mass is 16.5. The first-order chi connectivity index (χ1) is 12.0. The van der Waals surface area contributed by atoms with Gasteiger partial charge in [0.2, 0.25) is 17.6 Å². The number of nitrogens with one attached hydrogen (secondary N) is 1. The summed E-state index contributed by atoms with van der Waals surface area (Å²) in [4.78, 5) is 29.1. The maximum atomic E-state index is 11.4. The third kappa shape index (κ3) is 4.21. The first-order valence-corrected chi connectivity index (χ1v) is 8.06. The standard InChI is InChI=1S/C17H20N4O4/c1-11(22)18-14-7-8-21(9-14)10-15-19-16(20-25-15)12-3-5-13(6-4-12)17(23)24-2/h3-6,14H,7-10H2,1-2H3,(H,18,22). The lowest BCUT2D eigenvalue weighted by Crippen LogP contribution is -2.35. The highest BCUT2D eigenvalue weighted by Crippen LogP contribution is 2.19. The van der Waals surface area contributed by atoms with Crippen molar-refractivity contribution in [1.82, 2.24) is 20.4 Å². The highest BCUT2D eigenvalue weighted by Gasteiger charge is 2.24. The van der Waals surface area contributed by atoms with Crippen molar-refractivity contribution in [2.45, 2.75) is 25.9 Å². The van der Waals surface area contributed by atoms with E-state index >= 15 is 0 Å². The van der Waals surface area contributed by atoms with E-state index in [-0.39, 0.29) is 17.9 Å². The summed E-state index contributed by atoms with van der Waals surface area (Å²) in [7, 11) is 1.34. The lowest BCUT2D eigenvalue weighted by molar-refractivity contribution is -0.119. The molecule has 1 atom stereocenters. The van der Waals surface area contributed by atoms with Crippen LogP contribution in [-0.2, 0) is 16.1 Å². The minimum absolute atomic E-state index is 0.0117. The number of hydrogen-bond acceptors (Lipinski definition) is 7. The smallest absolute Gasteiger partial charge is 0.337 e. The van der Waals surface area contributed by atoms with E-state index in [0.717, 1.165) is 25.1 Å². The van der Waals surface area contributed by atoms with Gasteiger partial charge in [-0.25, -0.2) is 4.79 Å². The molecule has 0 bridgehead atoms. The summed E-state index contributed by atoms with van der Waals surface area (Å²) in [6.07, 6.45) is 0.912. The summed E-state index contributed by atoms with van der Waals surface area (Å²) in [6, 6.07) is 7.00. The van der Waals surface area contributed by atoms with Crippen LogP contribution in [0.25, 0.3) is 11.4 Å². The number of aromatic nitrogens is 2. The van der Waals surface area contributed by atoms with Gasteiger partial charge in [-0.2, -0.15) is 4.98 Å². The van der Waals surface area contributed by atoms with Crippen molar-refractivity contribution in [3.8, 4) is 11.4 Å². The van der Waals surface area contributed by atoms with Crippen LogP contribution in [0.3, 0.4) is 0 Å². The topological polar surface area (TPSA) is 97.6 Å². The highest BCUT2D eigenvalue weighted by molar-refractivity contribution is 5.89. The van der Waals surface area contributed by atoms with Crippen molar-refractivity contribution >= 4 is 11.9 Å². The SMILES string of the molecule is COC(=O)c1ccc(-c2noc(CN3CCC(NC(C)=O)C3)n2)cc1. The molecular weight excluding hydrogens is 324 g/mol. The van der Waals surface area contributed by atoms with Crippen LogP contribution in [0.2, 0.25) is 0 Å². The summed E-state index contributed by atoms with van der Waals surface area (Å²) in [5.41, 5.74) is 1.23. The van der Waals surface area contributed by atoms with E-state index in [1.807, 2.05) is 0 Å². The first kappa shape index (κ1) is 17.1. The molecule has 1 aromatic carbocycles. The van der Waals surface area contributed by atoms with E-state index in [4.69, 9.17) is 4.52 Å². The van der Waals surface area contributed by atoms with Crippen LogP contribution in [-0.4, -0.2) is 53.2 Å². The van der Waals surface area contributed by atoms with Gasteiger partial charge in [0.1, 0.15) is 0 Å². The van der Waals surface area contributed by atoms with Gasteiger partial charge in [0.05, 0.1) is 19.2 Å². The Morgan fingerprint density at radius 3 is 2.80 bits per heavy atom. The summed E-state index contributed by atoms with van der Waals surface area (Å²) in [6.45, 7) is 3.71. The summed E-state index contributed by atoms with van der Waals surface area (Å²) in [5, 5.41) is 6.91. The number of nitrogens with zero attached hydrogens (tertiary/aromatic N) is 3. The van der Waals surface area contributed by atoms with E-state index in [2.05, 4.69) is 25.1 Å². The molecule has 2 aromatic rings. The molecule has 0 aliphatic carbocycles. The van der Waals surface area contributed by atoms with Crippen LogP contribution in [0.5, 0.6) is 0 Å². The Labute approximate surface area is 145 Å². The number of methoxy groups -OCH3 is 1. The van der Waals surface area contributed by atoms with Gasteiger partial charge in [0.15, 0.2) is 0 Å². The molecule has 3 rings (SSSR count). The number of esters is 1. The quantitative estimate of drug-likeness (QED) is 0.815. The molecule has 8 nitrogen and oxygen atoms in total. The summed E-state index contributed by atoms with van der Waals surface area (Å²) >= 11 is 0. The zero-order chi connectivity index (χ0) is 17.8. The Morgan fingerprint density at radius 2 is 2.12 bits per heavy atom. The maximum Gasteiger partial charge on any atom is 0.337 e. The minimum Gasteiger partial charge on any atom is -0.465 e. The average Bonchev–Trinajstić information content (AvgIpc) is 3.24. The molecule has 2 heterocycles. The van der Waals surface area contributed by atoms with E-state index < -0.39 is 0 Å². The maximum absolute atomic E-state index is 11.4. The van der Waals surface area contributed by atoms with Gasteiger partial charge in [-0.1, -0.05) is 17.3 Å². The lowest BCUT2D eigenvalue weighted by Gasteiger charge is -2.13. The van der Waals surface area contributed by atoms with E-state index in [9.17, 15) is 9.59 Å². The van der Waals surface area contributed by atoms with E-state index in [1.165, 1.54) is 14.0 Å². The molecule has 1 fully saturated rings. The number of benzene rings is 1. The number of amides is 1. The number of ether oxygens (including phenoxy) is 1. The number of rotatable bonds is 5. The molecule has 132 valence electrons. The van der Waals surface area contributed by atoms with Crippen molar-refractivity contribution in [2.75, 3.05) is 20.2 Å². The van der Waals surface area contributed by atoms with Gasteiger partial charge < -0.3 is 14.6 Å². The molecule has 0 radical (unpaired) electrons. The Morgan fingerprint density at radius 1 is 1.36 bits per heavy atom. The Kier molecular flexibility index (Phi) is 5.08. The first-order valence-electron chi connectivity index (χ1n) is 8.06. The third-order valence-electron chi connectivity index (χ3n) is 4.07. The minimum atomic E-state index is -0.386. The van der Waals surface area contributed by atoms with Gasteiger partial charge >= 0.3 is 5.97 Å². The Bertz CT molecular complexity index is 756. The zero-order valence-corrected chi connectivity index (χ0v) is 14.2. The van der Waals surface area contributed by atoms with E-state index in [0.29, 0.717) is 23.8 Å². The van der Waals surface area contributed by atoms with Crippen LogP contribution in [0.4, 0.5) is 0 Å². The third-order valence-corrected chi connectivity index (χ3v) is 4.07. The summed E-state index contributed by atoms with van der Waals surface area (Å²) < 4.78 is 9.99. The van der Waals surface area contributed by atoms with Gasteiger partial charge in [0.25, 0.3) is 0 Å². The molecule has 1 amide bonds. The van der Waals surface area contributed by atoms with Crippen LogP contribution in [0.15, 0.2) is 28.8 Å². The van der Waals surface area contributed by atoms with Crippen molar-refractivity contribution in [3.63, 3.8) is 0 Å². The molecule has 1 aliphatic rings. The summed E-state index contributed by atoms with van der Waals surface area (Å²) in [5.74, 6) is 0.602. The van der Waals surface area contributed by atoms with Crippen molar-refractivity contribution in [3.05, 3.63) is 35.7 Å². The normalized spacial score (nSPS) is 17.4. The molecule has 1 aliphatic heterocycles. The number of hydrogen-bond donors (Lipinski definition) is 1. The second-order valence-electron chi connectivity index (χ2n) is 6.00. The number of carbonyl (C=O) groups is 2. The van der Waals surface area contributed by atoms with Gasteiger partial charge in [-0.15, -0.1) is 0 Å². The van der Waals surface area contributed by atoms with Crippen LogP contribution in [0.1, 0.15) is 29.6 Å². The second-order valence-corrected chi connectivity index (χ2v) is 6.00. The monoisotopic (exact) mass is 344 g/mol. The molecule has 0 spiro atoms. The Balaban J connectivity index is 1.61. The molecule has 1 aromatic heterocycles. The Hall–Kier alpha value is -2.74. The van der Waals surface area contributed by atoms with Gasteiger partial charge in [-0.05, 0) is 18.6 Å². The van der Waals surface area contributed by atoms with Crippen LogP contribution < -0.4 is 5.32 Å². The van der Waals surface area contributed by atoms with E-state index in [1.54, 1.807) is 24.3 Å². The van der Waals surface area contributed by atoms with Crippen molar-refractivity contribution in [2.24, 2.45) is 0 Å². The van der Waals surface area contributed by atoms with Crippen LogP contribution >= 0.6 is 0 Å². The van der Waals surface area contributed by atoms with Crippen LogP contribution in [0, 0.1) is 0 Å². The lowest BCUT2D eigenvalue weighted by atomic mass is 10.1. The number of likely N-dealkylation sites (tertiary alicyclic amines) is 1. The molecule has 1 N–H and O–H groups in total. The molecular formula is C17H20N4O4. The predicted molar refractivity (Wildman–Crippen MR) is 88.6 cm³/mol. The van der Waals surface area contributed by atoms with Crippen molar-refractivity contribution < 1.29 is 18.8 Å². The van der Waals surface area contributed by atoms with Gasteiger partial charge in [-0.3, -0.25) is 9.69 Å². The fourth-order valence-corrected chi connectivity index (χ4v) is 2.88. The molecule has 25 heavy (non-hydrogen) atoms. The molecule has 1 unspecified atom stereocenters. The molecule has 1 saturated heterocycles. The predicted octanol–water partition coefficient (Wildman–Crippen LogP) is 1.23. The van der Waals surface area contributed by atoms with Gasteiger partial charge in [0, 0.05) is 31.6 Å². The number of carbonyl (C=O) groups excluding carboxylic acids is 2. The molecule has 0 saturated carbocycles. The largest absolute Gasteiger partial charge is 0.465 e. The fraction of sp³-hybridized carbons (Fsp3) is 0.412. The molecule has 8 heteroatoms. The zero-order valence-electron chi connectivity index (χ0n) is 14.2. The average molecular weight is 344 g/mol.